The Morgan fingerprint density at radius 1 is 0.535 bits per heavy atom. The van der Waals surface area contributed by atoms with Gasteiger partial charge in [0, 0.05) is 55.1 Å². The van der Waals surface area contributed by atoms with Crippen LogP contribution < -0.4 is 24.2 Å². The molecule has 0 bridgehead atoms. The standard InChI is InChI=1S/C36H29N5O2/c1-39(27-7-5-4-6-8-27)30-10-9-25-19-26-20-31(40(2)28-11-15-32(16-12-28)42-23-37)22-35(36(26)34(25)21-30)41(3)29-13-17-33(18-14-29)43-24-38/h4-18,20-22H,19H2,1-3H3. The van der Waals surface area contributed by atoms with Gasteiger partial charge in [-0.2, -0.15) is 0 Å². The minimum Gasteiger partial charge on any atom is -0.388 e. The van der Waals surface area contributed by atoms with Gasteiger partial charge in [0.05, 0.1) is 5.69 Å². The summed E-state index contributed by atoms with van der Waals surface area (Å²) in [6, 6.07) is 36.5. The molecular weight excluding hydrogens is 534 g/mol. The summed E-state index contributed by atoms with van der Waals surface area (Å²) in [6.07, 6.45) is 4.28. The van der Waals surface area contributed by atoms with E-state index in [1.54, 1.807) is 36.8 Å². The molecule has 0 N–H and O–H groups in total. The van der Waals surface area contributed by atoms with Crippen LogP contribution in [0, 0.1) is 23.0 Å². The van der Waals surface area contributed by atoms with Crippen LogP contribution in [0.4, 0.5) is 34.1 Å². The maximum absolute atomic E-state index is 8.92. The number of nitrogens with zero attached hydrogens (tertiary/aromatic N) is 5. The molecule has 0 heterocycles. The van der Waals surface area contributed by atoms with Crippen LogP contribution in [-0.4, -0.2) is 21.1 Å². The molecule has 5 aromatic rings. The van der Waals surface area contributed by atoms with Crippen molar-refractivity contribution in [2.45, 2.75) is 6.42 Å². The Hall–Kier alpha value is -5.92. The fourth-order valence-electron chi connectivity index (χ4n) is 5.61. The van der Waals surface area contributed by atoms with Crippen molar-refractivity contribution in [3.05, 3.63) is 120 Å². The third-order valence-corrected chi connectivity index (χ3v) is 7.98. The van der Waals surface area contributed by atoms with Gasteiger partial charge in [0.15, 0.2) is 0 Å². The zero-order valence-electron chi connectivity index (χ0n) is 24.2. The van der Waals surface area contributed by atoms with E-state index in [4.69, 9.17) is 20.0 Å². The second-order valence-electron chi connectivity index (χ2n) is 10.4. The third-order valence-electron chi connectivity index (χ3n) is 7.98. The van der Waals surface area contributed by atoms with Crippen molar-refractivity contribution < 1.29 is 9.47 Å². The van der Waals surface area contributed by atoms with E-state index in [0.29, 0.717) is 11.5 Å². The van der Waals surface area contributed by atoms with E-state index in [1.165, 1.54) is 22.3 Å². The van der Waals surface area contributed by atoms with Crippen LogP contribution in [0.2, 0.25) is 0 Å². The number of hydrogen-bond acceptors (Lipinski definition) is 7. The quantitative estimate of drug-likeness (QED) is 0.173. The highest BCUT2D eigenvalue weighted by atomic mass is 16.5. The first-order valence-corrected chi connectivity index (χ1v) is 13.9. The molecular formula is C36H29N5O2. The molecule has 0 fully saturated rings. The summed E-state index contributed by atoms with van der Waals surface area (Å²) >= 11 is 0. The molecule has 5 aromatic carbocycles. The predicted molar refractivity (Wildman–Crippen MR) is 171 cm³/mol. The minimum absolute atomic E-state index is 0.501. The number of para-hydroxylation sites is 1. The van der Waals surface area contributed by atoms with Crippen molar-refractivity contribution in [1.29, 1.82) is 10.5 Å². The van der Waals surface area contributed by atoms with Crippen LogP contribution in [0.15, 0.2) is 109 Å². The lowest BCUT2D eigenvalue weighted by molar-refractivity contribution is 0.507. The normalized spacial score (nSPS) is 11.0. The van der Waals surface area contributed by atoms with Gasteiger partial charge in [0.25, 0.3) is 12.5 Å². The molecule has 0 spiro atoms. The molecule has 6 rings (SSSR count). The maximum atomic E-state index is 8.92. The Balaban J connectivity index is 1.45. The number of benzene rings is 5. The Morgan fingerprint density at radius 3 is 1.67 bits per heavy atom. The molecule has 0 saturated carbocycles. The van der Waals surface area contributed by atoms with E-state index < -0.39 is 0 Å². The molecule has 0 aliphatic heterocycles. The highest BCUT2D eigenvalue weighted by Gasteiger charge is 2.26. The molecule has 210 valence electrons. The van der Waals surface area contributed by atoms with Gasteiger partial charge in [-0.25, -0.2) is 0 Å². The second kappa shape index (κ2) is 11.5. The molecule has 0 saturated heterocycles. The smallest absolute Gasteiger partial charge is 0.292 e. The van der Waals surface area contributed by atoms with Gasteiger partial charge in [0.1, 0.15) is 11.5 Å². The van der Waals surface area contributed by atoms with E-state index in [-0.39, 0.29) is 0 Å². The monoisotopic (exact) mass is 563 g/mol. The van der Waals surface area contributed by atoms with Gasteiger partial charge in [-0.3, -0.25) is 0 Å². The Kier molecular flexibility index (Phi) is 7.30. The van der Waals surface area contributed by atoms with Gasteiger partial charge < -0.3 is 24.2 Å². The lowest BCUT2D eigenvalue weighted by Crippen LogP contribution is -2.14. The Bertz CT molecular complexity index is 1860. The summed E-state index contributed by atoms with van der Waals surface area (Å²) in [7, 11) is 6.19. The van der Waals surface area contributed by atoms with Gasteiger partial charge in [-0.05, 0) is 108 Å². The van der Waals surface area contributed by atoms with Crippen LogP contribution in [-0.2, 0) is 6.42 Å². The number of rotatable bonds is 8. The van der Waals surface area contributed by atoms with E-state index in [0.717, 1.165) is 40.5 Å². The summed E-state index contributed by atoms with van der Waals surface area (Å²) in [6.45, 7) is 0. The lowest BCUT2D eigenvalue weighted by Gasteiger charge is -2.27. The first kappa shape index (κ1) is 27.3. The zero-order valence-corrected chi connectivity index (χ0v) is 24.2. The van der Waals surface area contributed by atoms with Gasteiger partial charge in [-0.1, -0.05) is 24.3 Å². The summed E-state index contributed by atoms with van der Waals surface area (Å²) in [4.78, 5) is 6.52. The van der Waals surface area contributed by atoms with Crippen LogP contribution in [0.25, 0.3) is 11.1 Å². The molecule has 0 atom stereocenters. The van der Waals surface area contributed by atoms with E-state index in [2.05, 4.69) is 83.4 Å². The molecule has 1 aliphatic carbocycles. The van der Waals surface area contributed by atoms with Crippen molar-refractivity contribution in [2.75, 3.05) is 35.8 Å². The SMILES string of the molecule is CN(c1ccccc1)c1ccc2c(c1)-c1c(cc(N(C)c3ccc(OC#N)cc3)cc1N(C)c1ccc(OC#N)cc1)C2. The van der Waals surface area contributed by atoms with Gasteiger partial charge in [-0.15, -0.1) is 10.5 Å². The van der Waals surface area contributed by atoms with Crippen molar-refractivity contribution in [3.63, 3.8) is 0 Å². The van der Waals surface area contributed by atoms with Crippen LogP contribution in [0.1, 0.15) is 11.1 Å². The predicted octanol–water partition coefficient (Wildman–Crippen LogP) is 8.28. The molecule has 0 amide bonds. The molecule has 43 heavy (non-hydrogen) atoms. The number of ether oxygens (including phenoxy) is 2. The Labute approximate surface area is 251 Å². The lowest BCUT2D eigenvalue weighted by atomic mass is 10.00. The van der Waals surface area contributed by atoms with Crippen molar-refractivity contribution in [3.8, 4) is 35.1 Å². The summed E-state index contributed by atoms with van der Waals surface area (Å²) in [5.74, 6) is 1.01. The highest BCUT2D eigenvalue weighted by molar-refractivity contribution is 5.93. The molecule has 7 heteroatoms. The van der Waals surface area contributed by atoms with Crippen LogP contribution >= 0.6 is 0 Å². The number of anilines is 6. The Morgan fingerprint density at radius 2 is 1.07 bits per heavy atom. The van der Waals surface area contributed by atoms with Crippen LogP contribution in [0.5, 0.6) is 11.5 Å². The van der Waals surface area contributed by atoms with Crippen molar-refractivity contribution in [2.24, 2.45) is 0 Å². The third kappa shape index (κ3) is 5.28. The fourth-order valence-corrected chi connectivity index (χ4v) is 5.61. The zero-order chi connectivity index (χ0) is 29.9. The largest absolute Gasteiger partial charge is 0.388 e. The van der Waals surface area contributed by atoms with E-state index in [1.807, 2.05) is 37.4 Å². The van der Waals surface area contributed by atoms with Crippen molar-refractivity contribution in [1.82, 2.24) is 0 Å². The molecule has 7 nitrogen and oxygen atoms in total. The van der Waals surface area contributed by atoms with Gasteiger partial charge in [0.2, 0.25) is 0 Å². The first-order valence-electron chi connectivity index (χ1n) is 13.9. The fraction of sp³-hybridized carbons (Fsp3) is 0.111. The molecule has 0 unspecified atom stereocenters. The number of nitriles is 2. The summed E-state index contributed by atoms with van der Waals surface area (Å²) in [5, 5.41) is 17.8. The number of fused-ring (bicyclic) bond motifs is 3. The van der Waals surface area contributed by atoms with E-state index >= 15 is 0 Å². The average molecular weight is 564 g/mol. The van der Waals surface area contributed by atoms with Crippen LogP contribution in [0.3, 0.4) is 0 Å². The summed E-state index contributed by atoms with van der Waals surface area (Å²) < 4.78 is 9.98. The maximum Gasteiger partial charge on any atom is 0.292 e. The summed E-state index contributed by atoms with van der Waals surface area (Å²) in [5.41, 5.74) is 11.2. The molecule has 0 aromatic heterocycles. The average Bonchev–Trinajstić information content (AvgIpc) is 3.42. The number of hydrogen-bond donors (Lipinski definition) is 0. The topological polar surface area (TPSA) is 75.8 Å². The van der Waals surface area contributed by atoms with Gasteiger partial charge >= 0.3 is 0 Å². The van der Waals surface area contributed by atoms with E-state index in [9.17, 15) is 0 Å². The minimum atomic E-state index is 0.501. The molecule has 0 radical (unpaired) electrons. The first-order chi connectivity index (χ1) is 21.0. The van der Waals surface area contributed by atoms with Crippen molar-refractivity contribution >= 4 is 34.1 Å². The highest BCUT2D eigenvalue weighted by Crippen LogP contribution is 2.48. The second-order valence-corrected chi connectivity index (χ2v) is 10.4. The molecule has 1 aliphatic rings.